The molecule has 1 atom stereocenters. The highest BCUT2D eigenvalue weighted by molar-refractivity contribution is 6.68. The number of carbonyl (C=O) groups is 1. The smallest absolute Gasteiger partial charge is 0.256 e. The summed E-state index contributed by atoms with van der Waals surface area (Å²) in [4.78, 5) is 12.5. The lowest BCUT2D eigenvalue weighted by atomic mass is 10.2. The normalized spacial score (nSPS) is 12.4. The van der Waals surface area contributed by atoms with E-state index in [9.17, 15) is 4.79 Å². The molecule has 0 spiro atoms. The Morgan fingerprint density at radius 1 is 1.12 bits per heavy atom. The monoisotopic (exact) mass is 386 g/mol. The molecule has 2 N–H and O–H groups in total. The molecule has 0 aliphatic rings. The Morgan fingerprint density at radius 2 is 1.83 bits per heavy atom. The quantitative estimate of drug-likeness (QED) is 0.585. The Hall–Kier alpha value is -1.62. The number of rotatable bonds is 5. The van der Waals surface area contributed by atoms with Gasteiger partial charge in [-0.05, 0) is 36.8 Å². The van der Waals surface area contributed by atoms with Crippen LogP contribution >= 0.6 is 34.8 Å². The first-order valence-corrected chi connectivity index (χ1v) is 8.28. The number of amides is 1. The number of nitrogens with one attached hydrogen (secondary N) is 2. The van der Waals surface area contributed by atoms with E-state index in [0.29, 0.717) is 11.3 Å². The second-order valence-corrected chi connectivity index (χ2v) is 7.53. The third kappa shape index (κ3) is 4.94. The van der Waals surface area contributed by atoms with Crippen LogP contribution in [0.2, 0.25) is 0 Å². The summed E-state index contributed by atoms with van der Waals surface area (Å²) in [5, 5.41) is 5.72. The molecule has 0 fully saturated rings. The molecule has 0 aliphatic carbocycles. The maximum Gasteiger partial charge on any atom is 0.256 e. The SMILES string of the molecule is COc1ccccc1C(=O)NC(Nc1cccc(C)c1)C(Cl)(Cl)Cl. The minimum Gasteiger partial charge on any atom is -0.496 e. The lowest BCUT2D eigenvalue weighted by Crippen LogP contribution is -2.49. The molecular weight excluding hydrogens is 371 g/mol. The van der Waals surface area contributed by atoms with Crippen molar-refractivity contribution in [2.24, 2.45) is 0 Å². The van der Waals surface area contributed by atoms with E-state index in [2.05, 4.69) is 10.6 Å². The molecule has 1 unspecified atom stereocenters. The van der Waals surface area contributed by atoms with Crippen molar-refractivity contribution in [3.05, 3.63) is 59.7 Å². The molecule has 0 saturated heterocycles. The largest absolute Gasteiger partial charge is 0.496 e. The minimum absolute atomic E-state index is 0.352. The summed E-state index contributed by atoms with van der Waals surface area (Å²) in [6, 6.07) is 14.4. The van der Waals surface area contributed by atoms with Crippen LogP contribution in [0, 0.1) is 6.92 Å². The summed E-state index contributed by atoms with van der Waals surface area (Å²) in [6.45, 7) is 1.95. The van der Waals surface area contributed by atoms with E-state index in [4.69, 9.17) is 39.5 Å². The Bertz CT molecular complexity index is 717. The van der Waals surface area contributed by atoms with Crippen LogP contribution in [-0.4, -0.2) is 23.0 Å². The number of para-hydroxylation sites is 1. The van der Waals surface area contributed by atoms with Crippen molar-refractivity contribution in [3.63, 3.8) is 0 Å². The van der Waals surface area contributed by atoms with E-state index < -0.39 is 15.9 Å². The van der Waals surface area contributed by atoms with E-state index in [-0.39, 0.29) is 0 Å². The first kappa shape index (κ1) is 18.7. The number of halogens is 3. The first-order chi connectivity index (χ1) is 11.3. The average Bonchev–Trinajstić information content (AvgIpc) is 2.53. The molecule has 1 amide bonds. The predicted molar refractivity (Wildman–Crippen MR) is 99.3 cm³/mol. The molecule has 2 aromatic rings. The van der Waals surface area contributed by atoms with Gasteiger partial charge in [0, 0.05) is 5.69 Å². The van der Waals surface area contributed by atoms with Gasteiger partial charge in [-0.3, -0.25) is 4.79 Å². The molecular formula is C17H17Cl3N2O2. The van der Waals surface area contributed by atoms with Gasteiger partial charge in [-0.15, -0.1) is 0 Å². The minimum atomic E-state index is -1.75. The van der Waals surface area contributed by atoms with E-state index in [1.807, 2.05) is 31.2 Å². The zero-order valence-electron chi connectivity index (χ0n) is 13.1. The van der Waals surface area contributed by atoms with Crippen LogP contribution < -0.4 is 15.4 Å². The molecule has 7 heteroatoms. The fourth-order valence-electron chi connectivity index (χ4n) is 2.14. The summed E-state index contributed by atoms with van der Waals surface area (Å²) < 4.78 is 3.44. The van der Waals surface area contributed by atoms with Crippen molar-refractivity contribution in [2.75, 3.05) is 12.4 Å². The highest BCUT2D eigenvalue weighted by Crippen LogP contribution is 2.31. The van der Waals surface area contributed by atoms with Crippen molar-refractivity contribution in [2.45, 2.75) is 16.9 Å². The zero-order valence-corrected chi connectivity index (χ0v) is 15.4. The summed E-state index contributed by atoms with van der Waals surface area (Å²) in [5.41, 5.74) is 2.12. The van der Waals surface area contributed by atoms with Crippen LogP contribution in [-0.2, 0) is 0 Å². The lowest BCUT2D eigenvalue weighted by molar-refractivity contribution is 0.0939. The average molecular weight is 388 g/mol. The maximum atomic E-state index is 12.5. The van der Waals surface area contributed by atoms with Gasteiger partial charge in [0.2, 0.25) is 3.79 Å². The Labute approximate surface area is 156 Å². The molecule has 0 bridgehead atoms. The lowest BCUT2D eigenvalue weighted by Gasteiger charge is -2.27. The number of ether oxygens (including phenoxy) is 1. The molecule has 0 saturated carbocycles. The Morgan fingerprint density at radius 3 is 2.46 bits per heavy atom. The highest BCUT2D eigenvalue weighted by atomic mass is 35.6. The topological polar surface area (TPSA) is 50.4 Å². The standard InChI is InChI=1S/C17H17Cl3N2O2/c1-11-6-5-7-12(10-11)21-16(17(18,19)20)22-15(23)13-8-3-4-9-14(13)24-2/h3-10,16,21H,1-2H3,(H,22,23). The van der Waals surface area contributed by atoms with Crippen LogP contribution in [0.15, 0.2) is 48.5 Å². The molecule has 0 heterocycles. The Kier molecular flexibility index (Phi) is 6.21. The van der Waals surface area contributed by atoms with Gasteiger partial charge in [-0.25, -0.2) is 0 Å². The number of hydrogen-bond donors (Lipinski definition) is 2. The molecule has 4 nitrogen and oxygen atoms in total. The molecule has 2 rings (SSSR count). The summed E-state index contributed by atoms with van der Waals surface area (Å²) in [7, 11) is 1.49. The predicted octanol–water partition coefficient (Wildman–Crippen LogP) is 4.54. The zero-order chi connectivity index (χ0) is 17.7. The van der Waals surface area contributed by atoms with E-state index >= 15 is 0 Å². The van der Waals surface area contributed by atoms with Gasteiger partial charge in [0.15, 0.2) is 0 Å². The molecule has 0 aliphatic heterocycles. The van der Waals surface area contributed by atoms with E-state index in [0.717, 1.165) is 11.3 Å². The number of alkyl halides is 3. The summed E-state index contributed by atoms with van der Waals surface area (Å²) in [5.74, 6) is 0.0255. The fraction of sp³-hybridized carbons (Fsp3) is 0.235. The van der Waals surface area contributed by atoms with Crippen molar-refractivity contribution in [1.82, 2.24) is 5.32 Å². The Balaban J connectivity index is 2.21. The van der Waals surface area contributed by atoms with Gasteiger partial charge in [-0.1, -0.05) is 59.1 Å². The van der Waals surface area contributed by atoms with Crippen LogP contribution in [0.5, 0.6) is 5.75 Å². The van der Waals surface area contributed by atoms with Gasteiger partial charge >= 0.3 is 0 Å². The number of anilines is 1. The van der Waals surface area contributed by atoms with Crippen LogP contribution in [0.25, 0.3) is 0 Å². The van der Waals surface area contributed by atoms with Gasteiger partial charge in [0.25, 0.3) is 5.91 Å². The maximum absolute atomic E-state index is 12.5. The van der Waals surface area contributed by atoms with Crippen LogP contribution in [0.1, 0.15) is 15.9 Å². The molecule has 24 heavy (non-hydrogen) atoms. The van der Waals surface area contributed by atoms with Gasteiger partial charge in [0.05, 0.1) is 12.7 Å². The third-order valence-corrected chi connectivity index (χ3v) is 3.94. The van der Waals surface area contributed by atoms with Gasteiger partial charge in [-0.2, -0.15) is 0 Å². The summed E-state index contributed by atoms with van der Waals surface area (Å²) >= 11 is 18.0. The third-order valence-electron chi connectivity index (χ3n) is 3.28. The van der Waals surface area contributed by atoms with Crippen molar-refractivity contribution in [1.29, 1.82) is 0 Å². The first-order valence-electron chi connectivity index (χ1n) is 7.15. The number of carbonyl (C=O) groups excluding carboxylic acids is 1. The highest BCUT2D eigenvalue weighted by Gasteiger charge is 2.34. The number of aryl methyl sites for hydroxylation is 1. The second kappa shape index (κ2) is 7.97. The van der Waals surface area contributed by atoms with Crippen molar-refractivity contribution in [3.8, 4) is 5.75 Å². The fourth-order valence-corrected chi connectivity index (χ4v) is 2.47. The molecule has 0 radical (unpaired) electrons. The van der Waals surface area contributed by atoms with Crippen LogP contribution in [0.3, 0.4) is 0 Å². The number of methoxy groups -OCH3 is 1. The van der Waals surface area contributed by atoms with Gasteiger partial charge in [0.1, 0.15) is 11.9 Å². The molecule has 128 valence electrons. The van der Waals surface area contributed by atoms with Crippen LogP contribution in [0.4, 0.5) is 5.69 Å². The molecule has 0 aromatic heterocycles. The second-order valence-electron chi connectivity index (χ2n) is 5.16. The summed E-state index contributed by atoms with van der Waals surface area (Å²) in [6.07, 6.45) is -0.929. The number of hydrogen-bond acceptors (Lipinski definition) is 3. The molecule has 2 aromatic carbocycles. The van der Waals surface area contributed by atoms with E-state index in [1.54, 1.807) is 24.3 Å². The van der Waals surface area contributed by atoms with E-state index in [1.165, 1.54) is 7.11 Å². The van der Waals surface area contributed by atoms with Crippen molar-refractivity contribution >= 4 is 46.4 Å². The van der Waals surface area contributed by atoms with Crippen molar-refractivity contribution < 1.29 is 9.53 Å². The van der Waals surface area contributed by atoms with Gasteiger partial charge < -0.3 is 15.4 Å². The number of benzene rings is 2.